The first-order valence-corrected chi connectivity index (χ1v) is 20.0. The number of nitrogens with zero attached hydrogens (tertiary/aromatic N) is 4. The lowest BCUT2D eigenvalue weighted by atomic mass is 9.68. The van der Waals surface area contributed by atoms with E-state index in [1.54, 1.807) is 11.0 Å². The predicted molar refractivity (Wildman–Crippen MR) is 210 cm³/mol. The summed E-state index contributed by atoms with van der Waals surface area (Å²) in [4.78, 5) is 46.2. The van der Waals surface area contributed by atoms with Gasteiger partial charge in [0.1, 0.15) is 11.8 Å². The van der Waals surface area contributed by atoms with Gasteiger partial charge in [0.15, 0.2) is 0 Å². The van der Waals surface area contributed by atoms with Gasteiger partial charge in [0.25, 0.3) is 11.8 Å². The standard InChI is InChI=1S/C45H47F2N5O4/c46-45(47)26-38(30-4-2-1-3-5-30)42(37-13-11-35(53)25-39(37)45)31-6-8-33(9-7-31)50-18-16-29(17-19-50)27-49-20-22-51(23-21-49)34-10-12-36-32(24-34)28-52(44(36)56)40-14-15-41(54)48-43(40)55/h1-13,24-25,29,38,40,42,53H,14-23,26-28H2,(H,48,54,55)/t38-,40?,42-/m1/s1. The van der Waals surface area contributed by atoms with Gasteiger partial charge in [-0.2, -0.15) is 0 Å². The molecule has 4 aromatic rings. The van der Waals surface area contributed by atoms with Crippen molar-refractivity contribution in [1.82, 2.24) is 15.1 Å². The molecular weight excluding hydrogens is 713 g/mol. The van der Waals surface area contributed by atoms with E-state index in [0.29, 0.717) is 30.0 Å². The highest BCUT2D eigenvalue weighted by Gasteiger charge is 2.47. The maximum absolute atomic E-state index is 15.6. The van der Waals surface area contributed by atoms with E-state index in [2.05, 4.69) is 50.3 Å². The summed E-state index contributed by atoms with van der Waals surface area (Å²) >= 11 is 0. The second-order valence-electron chi connectivity index (χ2n) is 16.2. The van der Waals surface area contributed by atoms with Crippen molar-refractivity contribution in [1.29, 1.82) is 0 Å². The van der Waals surface area contributed by atoms with Gasteiger partial charge in [0.05, 0.1) is 0 Å². The number of phenolic OH excluding ortho intramolecular Hbond substituents is 1. The molecule has 9 nitrogen and oxygen atoms in total. The number of anilines is 2. The molecule has 9 rings (SSSR count). The van der Waals surface area contributed by atoms with Crippen LogP contribution >= 0.6 is 0 Å². The number of halogens is 2. The fourth-order valence-corrected chi connectivity index (χ4v) is 9.85. The van der Waals surface area contributed by atoms with Crippen molar-refractivity contribution in [3.05, 3.63) is 124 Å². The number of carbonyl (C=O) groups is 3. The van der Waals surface area contributed by atoms with Crippen LogP contribution in [-0.4, -0.2) is 84.5 Å². The number of piperazine rings is 1. The SMILES string of the molecule is O=C1CCC(N2Cc3cc(N4CCN(CC5CCN(c6ccc([C@@H]7c8ccc(O)cc8C(F)(F)C[C@@H]7c7ccccc7)cc6)CC5)CC4)ccc3C2=O)C(=O)N1. The van der Waals surface area contributed by atoms with Crippen molar-refractivity contribution in [3.8, 4) is 5.75 Å². The highest BCUT2D eigenvalue weighted by atomic mass is 19.3. The van der Waals surface area contributed by atoms with E-state index in [1.165, 1.54) is 12.1 Å². The van der Waals surface area contributed by atoms with Gasteiger partial charge >= 0.3 is 0 Å². The number of piperidine rings is 2. The number of hydrogen-bond donors (Lipinski definition) is 2. The van der Waals surface area contributed by atoms with E-state index in [4.69, 9.17) is 0 Å². The van der Waals surface area contributed by atoms with Gasteiger partial charge in [-0.25, -0.2) is 8.78 Å². The molecule has 4 aromatic carbocycles. The summed E-state index contributed by atoms with van der Waals surface area (Å²) in [6.45, 7) is 7.15. The molecule has 0 bridgehead atoms. The predicted octanol–water partition coefficient (Wildman–Crippen LogP) is 6.60. The van der Waals surface area contributed by atoms with Crippen LogP contribution in [0.3, 0.4) is 0 Å². The van der Waals surface area contributed by atoms with Crippen molar-refractivity contribution in [2.45, 2.75) is 62.4 Å². The molecule has 4 heterocycles. The molecule has 290 valence electrons. The lowest BCUT2D eigenvalue weighted by Crippen LogP contribution is -2.52. The first kappa shape index (κ1) is 36.4. The molecule has 3 fully saturated rings. The fraction of sp³-hybridized carbons (Fsp3) is 0.400. The number of alkyl halides is 2. The zero-order valence-electron chi connectivity index (χ0n) is 31.4. The average molecular weight is 760 g/mol. The molecule has 5 aliphatic rings. The normalized spacial score (nSPS) is 24.2. The molecule has 0 aromatic heterocycles. The van der Waals surface area contributed by atoms with Crippen molar-refractivity contribution >= 4 is 29.1 Å². The van der Waals surface area contributed by atoms with Crippen LogP contribution in [0.5, 0.6) is 5.75 Å². The molecule has 3 saturated heterocycles. The fourth-order valence-electron chi connectivity index (χ4n) is 9.85. The van der Waals surface area contributed by atoms with Crippen molar-refractivity contribution in [2.75, 3.05) is 55.6 Å². The molecule has 0 radical (unpaired) electrons. The molecule has 3 amide bonds. The summed E-state index contributed by atoms with van der Waals surface area (Å²) in [6.07, 6.45) is 2.50. The van der Waals surface area contributed by atoms with E-state index >= 15 is 8.78 Å². The molecule has 1 unspecified atom stereocenters. The third kappa shape index (κ3) is 6.91. The monoisotopic (exact) mass is 759 g/mol. The second-order valence-corrected chi connectivity index (χ2v) is 16.2. The molecular formula is C45H47F2N5O4. The zero-order valence-corrected chi connectivity index (χ0v) is 31.4. The number of carbonyl (C=O) groups excluding carboxylic acids is 3. The minimum Gasteiger partial charge on any atom is -0.508 e. The van der Waals surface area contributed by atoms with E-state index < -0.39 is 17.9 Å². The number of hydrogen-bond acceptors (Lipinski definition) is 7. The van der Waals surface area contributed by atoms with Crippen LogP contribution < -0.4 is 15.1 Å². The molecule has 11 heteroatoms. The third-order valence-corrected chi connectivity index (χ3v) is 12.9. The van der Waals surface area contributed by atoms with Crippen molar-refractivity contribution in [2.24, 2.45) is 5.92 Å². The van der Waals surface area contributed by atoms with Crippen LogP contribution in [0.4, 0.5) is 20.2 Å². The molecule has 3 atom stereocenters. The Balaban J connectivity index is 0.793. The lowest BCUT2D eigenvalue weighted by molar-refractivity contribution is -0.136. The third-order valence-electron chi connectivity index (χ3n) is 12.9. The van der Waals surface area contributed by atoms with Crippen LogP contribution in [0, 0.1) is 5.92 Å². The lowest BCUT2D eigenvalue weighted by Gasteiger charge is -2.40. The molecule has 4 aliphatic heterocycles. The quantitative estimate of drug-likeness (QED) is 0.205. The number of nitrogens with one attached hydrogen (secondary N) is 1. The van der Waals surface area contributed by atoms with Gasteiger partial charge in [-0.05, 0) is 89.9 Å². The van der Waals surface area contributed by atoms with Gasteiger partial charge in [-0.15, -0.1) is 0 Å². The smallest absolute Gasteiger partial charge is 0.274 e. The van der Waals surface area contributed by atoms with Gasteiger partial charge in [-0.3, -0.25) is 24.6 Å². The largest absolute Gasteiger partial charge is 0.508 e. The summed E-state index contributed by atoms with van der Waals surface area (Å²) < 4.78 is 31.1. The Bertz CT molecular complexity index is 2130. The highest BCUT2D eigenvalue weighted by Crippen LogP contribution is 2.55. The second kappa shape index (κ2) is 14.7. The number of benzene rings is 4. The van der Waals surface area contributed by atoms with E-state index in [-0.39, 0.29) is 47.8 Å². The molecule has 56 heavy (non-hydrogen) atoms. The van der Waals surface area contributed by atoms with Crippen LogP contribution in [0.1, 0.15) is 82.1 Å². The first-order chi connectivity index (χ1) is 27.1. The van der Waals surface area contributed by atoms with Gasteiger partial charge in [0.2, 0.25) is 11.8 Å². The zero-order chi connectivity index (χ0) is 38.6. The molecule has 0 spiro atoms. The summed E-state index contributed by atoms with van der Waals surface area (Å²) in [6, 6.07) is 27.9. The Morgan fingerprint density at radius 2 is 1.46 bits per heavy atom. The number of phenols is 1. The Labute approximate surface area is 325 Å². The maximum atomic E-state index is 15.6. The van der Waals surface area contributed by atoms with Crippen LogP contribution in [0.25, 0.3) is 0 Å². The molecule has 1 aliphatic carbocycles. The number of aromatic hydroxyl groups is 1. The number of rotatable bonds is 7. The first-order valence-electron chi connectivity index (χ1n) is 20.0. The maximum Gasteiger partial charge on any atom is 0.274 e. The summed E-state index contributed by atoms with van der Waals surface area (Å²) in [7, 11) is 0. The number of fused-ring (bicyclic) bond motifs is 2. The number of amides is 3. The van der Waals surface area contributed by atoms with Crippen LogP contribution in [-0.2, 0) is 22.1 Å². The minimum atomic E-state index is -3.04. The molecule has 0 saturated carbocycles. The molecule has 2 N–H and O–H groups in total. The Hall–Kier alpha value is -5.29. The number of imide groups is 1. The van der Waals surface area contributed by atoms with E-state index in [9.17, 15) is 19.5 Å². The Morgan fingerprint density at radius 3 is 2.20 bits per heavy atom. The summed E-state index contributed by atoms with van der Waals surface area (Å²) in [5.74, 6) is -4.04. The summed E-state index contributed by atoms with van der Waals surface area (Å²) in [5, 5.41) is 12.5. The highest BCUT2D eigenvalue weighted by molar-refractivity contribution is 6.05. The van der Waals surface area contributed by atoms with E-state index in [1.807, 2.05) is 42.5 Å². The van der Waals surface area contributed by atoms with Crippen LogP contribution in [0.2, 0.25) is 0 Å². The summed E-state index contributed by atoms with van der Waals surface area (Å²) in [5.41, 5.74) is 6.21. The van der Waals surface area contributed by atoms with E-state index in [0.717, 1.165) is 86.7 Å². The van der Waals surface area contributed by atoms with Gasteiger partial charge in [-0.1, -0.05) is 48.5 Å². The van der Waals surface area contributed by atoms with Crippen molar-refractivity contribution < 1.29 is 28.3 Å². The minimum absolute atomic E-state index is 0.0803. The topological polar surface area (TPSA) is 96.4 Å². The van der Waals surface area contributed by atoms with Crippen molar-refractivity contribution in [3.63, 3.8) is 0 Å². The Kier molecular flexibility index (Phi) is 9.51. The van der Waals surface area contributed by atoms with Gasteiger partial charge in [0, 0.05) is 99.5 Å². The average Bonchev–Trinajstić information content (AvgIpc) is 3.53. The van der Waals surface area contributed by atoms with Crippen LogP contribution in [0.15, 0.2) is 91.0 Å². The Morgan fingerprint density at radius 1 is 0.750 bits per heavy atom. The van der Waals surface area contributed by atoms with Gasteiger partial charge < -0.3 is 19.8 Å².